The molecule has 0 saturated carbocycles. The molecule has 0 fully saturated rings. The van der Waals surface area contributed by atoms with Gasteiger partial charge in [-0.25, -0.2) is 4.79 Å². The van der Waals surface area contributed by atoms with Crippen LogP contribution in [-0.4, -0.2) is 63.0 Å². The fraction of sp³-hybridized carbons (Fsp3) is 0.519. The standard InChI is InChI=1S/C27H39NO6/c1-6-7-14-28(20(2)17-21-10-12-23(29)13-11-21)15-8-9-16-34-27(30)22-18-24(31-3)26(33-5)25(19-22)32-4/h10-13,18-20,29H,6-9,14-17H2,1-5H3. The van der Waals surface area contributed by atoms with Crippen molar-refractivity contribution in [1.82, 2.24) is 4.90 Å². The van der Waals surface area contributed by atoms with Crippen molar-refractivity contribution >= 4 is 5.97 Å². The molecule has 0 saturated heterocycles. The summed E-state index contributed by atoms with van der Waals surface area (Å²) in [5, 5.41) is 9.51. The Bertz CT molecular complexity index is 858. The summed E-state index contributed by atoms with van der Waals surface area (Å²) >= 11 is 0. The highest BCUT2D eigenvalue weighted by molar-refractivity contribution is 5.91. The molecule has 0 radical (unpaired) electrons. The van der Waals surface area contributed by atoms with Crippen LogP contribution >= 0.6 is 0 Å². The first kappa shape index (κ1) is 27.3. The number of benzene rings is 2. The Morgan fingerprint density at radius 3 is 2.12 bits per heavy atom. The second-order valence-corrected chi connectivity index (χ2v) is 8.37. The first-order valence-electron chi connectivity index (χ1n) is 11.9. The molecule has 7 nitrogen and oxygen atoms in total. The van der Waals surface area contributed by atoms with Crippen molar-refractivity contribution in [3.63, 3.8) is 0 Å². The second-order valence-electron chi connectivity index (χ2n) is 8.37. The molecule has 0 aromatic heterocycles. The number of phenols is 1. The lowest BCUT2D eigenvalue weighted by Gasteiger charge is -2.29. The minimum atomic E-state index is -0.414. The molecule has 34 heavy (non-hydrogen) atoms. The van der Waals surface area contributed by atoms with E-state index >= 15 is 0 Å². The van der Waals surface area contributed by atoms with Crippen LogP contribution in [0.5, 0.6) is 23.0 Å². The zero-order valence-electron chi connectivity index (χ0n) is 21.1. The number of methoxy groups -OCH3 is 3. The number of ether oxygens (including phenoxy) is 4. The molecule has 2 rings (SSSR count). The van der Waals surface area contributed by atoms with Gasteiger partial charge in [0.1, 0.15) is 5.75 Å². The number of hydrogen-bond acceptors (Lipinski definition) is 7. The van der Waals surface area contributed by atoms with E-state index in [0.717, 1.165) is 45.2 Å². The Morgan fingerprint density at radius 2 is 1.56 bits per heavy atom. The van der Waals surface area contributed by atoms with Crippen LogP contribution in [0.1, 0.15) is 55.5 Å². The molecular weight excluding hydrogens is 434 g/mol. The van der Waals surface area contributed by atoms with Crippen LogP contribution in [0.4, 0.5) is 0 Å². The van der Waals surface area contributed by atoms with E-state index in [2.05, 4.69) is 18.7 Å². The Balaban J connectivity index is 1.85. The van der Waals surface area contributed by atoms with Gasteiger partial charge < -0.3 is 29.0 Å². The normalized spacial score (nSPS) is 11.8. The summed E-state index contributed by atoms with van der Waals surface area (Å²) in [6, 6.07) is 11.0. The predicted molar refractivity (Wildman–Crippen MR) is 133 cm³/mol. The Kier molecular flexibility index (Phi) is 11.5. The smallest absolute Gasteiger partial charge is 0.338 e. The highest BCUT2D eigenvalue weighted by Gasteiger charge is 2.18. The van der Waals surface area contributed by atoms with Gasteiger partial charge in [0.05, 0.1) is 33.5 Å². The number of rotatable bonds is 15. The van der Waals surface area contributed by atoms with Crippen LogP contribution in [-0.2, 0) is 11.2 Å². The number of aromatic hydroxyl groups is 1. The minimum Gasteiger partial charge on any atom is -0.508 e. The van der Waals surface area contributed by atoms with Crippen molar-refractivity contribution in [2.24, 2.45) is 0 Å². The molecule has 0 amide bonds. The van der Waals surface area contributed by atoms with Crippen LogP contribution in [0.15, 0.2) is 36.4 Å². The maximum Gasteiger partial charge on any atom is 0.338 e. The first-order chi connectivity index (χ1) is 16.4. The molecule has 2 aromatic carbocycles. The van der Waals surface area contributed by atoms with Gasteiger partial charge >= 0.3 is 5.97 Å². The summed E-state index contributed by atoms with van der Waals surface area (Å²) in [5.41, 5.74) is 1.58. The molecule has 0 bridgehead atoms. The van der Waals surface area contributed by atoms with Gasteiger partial charge in [0.15, 0.2) is 11.5 Å². The van der Waals surface area contributed by atoms with Gasteiger partial charge in [-0.1, -0.05) is 25.5 Å². The third-order valence-electron chi connectivity index (χ3n) is 5.86. The number of nitrogens with zero attached hydrogens (tertiary/aromatic N) is 1. The van der Waals surface area contributed by atoms with Crippen molar-refractivity contribution in [3.05, 3.63) is 47.5 Å². The number of phenolic OH excluding ortho intramolecular Hbond substituents is 1. The number of carbonyl (C=O) groups excluding carboxylic acids is 1. The van der Waals surface area contributed by atoms with Gasteiger partial charge in [-0.2, -0.15) is 0 Å². The Hall–Kier alpha value is -2.93. The third-order valence-corrected chi connectivity index (χ3v) is 5.86. The van der Waals surface area contributed by atoms with Crippen molar-refractivity contribution in [2.45, 2.75) is 52.0 Å². The molecule has 0 aliphatic rings. The van der Waals surface area contributed by atoms with Crippen molar-refractivity contribution in [3.8, 4) is 23.0 Å². The molecule has 0 aliphatic heterocycles. The first-order valence-corrected chi connectivity index (χ1v) is 11.9. The molecular formula is C27H39NO6. The average molecular weight is 474 g/mol. The lowest BCUT2D eigenvalue weighted by molar-refractivity contribution is 0.0492. The summed E-state index contributed by atoms with van der Waals surface area (Å²) < 4.78 is 21.4. The van der Waals surface area contributed by atoms with Gasteiger partial charge in [-0.15, -0.1) is 0 Å². The second kappa shape index (κ2) is 14.4. The average Bonchev–Trinajstić information content (AvgIpc) is 2.85. The largest absolute Gasteiger partial charge is 0.508 e. The molecule has 0 spiro atoms. The molecule has 1 atom stereocenters. The number of unbranched alkanes of at least 4 members (excludes halogenated alkanes) is 2. The summed E-state index contributed by atoms with van der Waals surface area (Å²) in [6.45, 7) is 6.78. The van der Waals surface area contributed by atoms with E-state index in [1.807, 2.05) is 12.1 Å². The Morgan fingerprint density at radius 1 is 0.941 bits per heavy atom. The molecule has 188 valence electrons. The van der Waals surface area contributed by atoms with Crippen LogP contribution in [0.2, 0.25) is 0 Å². The Labute approximate surface area is 203 Å². The maximum absolute atomic E-state index is 12.6. The zero-order chi connectivity index (χ0) is 24.9. The lowest BCUT2D eigenvalue weighted by atomic mass is 10.0. The van der Waals surface area contributed by atoms with Crippen LogP contribution in [0.25, 0.3) is 0 Å². The monoisotopic (exact) mass is 473 g/mol. The SMILES string of the molecule is CCCCN(CCCCOC(=O)c1cc(OC)c(OC)c(OC)c1)C(C)Cc1ccc(O)cc1. The van der Waals surface area contributed by atoms with Gasteiger partial charge in [0.25, 0.3) is 0 Å². The molecule has 7 heteroatoms. The van der Waals surface area contributed by atoms with Gasteiger partial charge in [0.2, 0.25) is 5.75 Å². The number of hydrogen-bond donors (Lipinski definition) is 1. The summed E-state index contributed by atoms with van der Waals surface area (Å²) in [4.78, 5) is 15.0. The highest BCUT2D eigenvalue weighted by Crippen LogP contribution is 2.38. The molecule has 1 unspecified atom stereocenters. The van der Waals surface area contributed by atoms with Crippen molar-refractivity contribution in [1.29, 1.82) is 0 Å². The fourth-order valence-corrected chi connectivity index (χ4v) is 3.88. The summed E-state index contributed by atoms with van der Waals surface area (Å²) in [5.74, 6) is 1.16. The summed E-state index contributed by atoms with van der Waals surface area (Å²) in [7, 11) is 4.55. The van der Waals surface area contributed by atoms with Crippen LogP contribution in [0, 0.1) is 0 Å². The topological polar surface area (TPSA) is 77.5 Å². The van der Waals surface area contributed by atoms with Crippen molar-refractivity contribution in [2.75, 3.05) is 41.0 Å². The third kappa shape index (κ3) is 8.13. The molecule has 1 N–H and O–H groups in total. The zero-order valence-corrected chi connectivity index (χ0v) is 21.1. The number of esters is 1. The summed E-state index contributed by atoms with van der Waals surface area (Å²) in [6.07, 6.45) is 4.95. The predicted octanol–water partition coefficient (Wildman–Crippen LogP) is 5.09. The van der Waals surface area contributed by atoms with Crippen LogP contribution < -0.4 is 14.2 Å². The van der Waals surface area contributed by atoms with Crippen LogP contribution in [0.3, 0.4) is 0 Å². The van der Waals surface area contributed by atoms with Gasteiger partial charge in [0, 0.05) is 6.04 Å². The quantitative estimate of drug-likeness (QED) is 0.285. The van der Waals surface area contributed by atoms with E-state index in [4.69, 9.17) is 18.9 Å². The van der Waals surface area contributed by atoms with Crippen molar-refractivity contribution < 1.29 is 28.8 Å². The van der Waals surface area contributed by atoms with Gasteiger partial charge in [-0.3, -0.25) is 0 Å². The van der Waals surface area contributed by atoms with E-state index in [0.29, 0.717) is 41.2 Å². The fourth-order valence-electron chi connectivity index (χ4n) is 3.88. The lowest BCUT2D eigenvalue weighted by Crippen LogP contribution is -2.36. The van der Waals surface area contributed by atoms with E-state index in [-0.39, 0.29) is 0 Å². The van der Waals surface area contributed by atoms with E-state index in [1.165, 1.54) is 26.9 Å². The van der Waals surface area contributed by atoms with E-state index in [9.17, 15) is 9.90 Å². The maximum atomic E-state index is 12.6. The van der Waals surface area contributed by atoms with Gasteiger partial charge in [-0.05, 0) is 75.5 Å². The molecule has 2 aromatic rings. The molecule has 0 heterocycles. The number of carbonyl (C=O) groups is 1. The molecule has 0 aliphatic carbocycles. The minimum absolute atomic E-state index is 0.292. The van der Waals surface area contributed by atoms with E-state index < -0.39 is 5.97 Å². The van der Waals surface area contributed by atoms with E-state index in [1.54, 1.807) is 24.3 Å². The highest BCUT2D eigenvalue weighted by atomic mass is 16.5.